The standard InChI is InChI=1S/C17H23N3O6/c1-17(2,3)20(16(24)25)19-15(23)11-5-7-12(8-6-11)18-13(21)9-10-14(22)26-4/h5-8H,9-10H2,1-4H3,(H,18,21)(H,19,23)(H,24,25). The number of carbonyl (C=O) groups excluding carboxylic acids is 3. The van der Waals surface area contributed by atoms with E-state index in [-0.39, 0.29) is 24.3 Å². The maximum Gasteiger partial charge on any atom is 0.426 e. The summed E-state index contributed by atoms with van der Waals surface area (Å²) in [5, 5.41) is 12.6. The molecule has 3 amide bonds. The van der Waals surface area contributed by atoms with Gasteiger partial charge in [0.05, 0.1) is 19.1 Å². The van der Waals surface area contributed by atoms with Crippen molar-refractivity contribution in [3.05, 3.63) is 29.8 Å². The first-order valence-corrected chi connectivity index (χ1v) is 7.85. The van der Waals surface area contributed by atoms with E-state index >= 15 is 0 Å². The van der Waals surface area contributed by atoms with Crippen LogP contribution < -0.4 is 10.7 Å². The number of hydrazine groups is 1. The fourth-order valence-electron chi connectivity index (χ4n) is 1.91. The van der Waals surface area contributed by atoms with Crippen molar-refractivity contribution in [1.29, 1.82) is 0 Å². The Labute approximate surface area is 151 Å². The molecule has 0 bridgehead atoms. The van der Waals surface area contributed by atoms with Crippen LogP contribution >= 0.6 is 0 Å². The fourth-order valence-corrected chi connectivity index (χ4v) is 1.91. The van der Waals surface area contributed by atoms with Gasteiger partial charge in [-0.15, -0.1) is 0 Å². The number of nitrogens with zero attached hydrogens (tertiary/aromatic N) is 1. The van der Waals surface area contributed by atoms with Gasteiger partial charge in [-0.3, -0.25) is 19.8 Å². The average Bonchev–Trinajstić information content (AvgIpc) is 2.56. The number of esters is 1. The molecule has 0 saturated carbocycles. The van der Waals surface area contributed by atoms with Crippen LogP contribution in [0.2, 0.25) is 0 Å². The van der Waals surface area contributed by atoms with Gasteiger partial charge in [0.1, 0.15) is 0 Å². The maximum absolute atomic E-state index is 12.2. The first-order valence-electron chi connectivity index (χ1n) is 7.85. The molecular weight excluding hydrogens is 342 g/mol. The van der Waals surface area contributed by atoms with Crippen LogP contribution in [0, 0.1) is 0 Å². The van der Waals surface area contributed by atoms with E-state index in [1.165, 1.54) is 31.4 Å². The average molecular weight is 365 g/mol. The van der Waals surface area contributed by atoms with Crippen molar-refractivity contribution >= 4 is 29.6 Å². The third-order valence-corrected chi connectivity index (χ3v) is 3.29. The Morgan fingerprint density at radius 3 is 2.12 bits per heavy atom. The number of hydrogen-bond acceptors (Lipinski definition) is 5. The van der Waals surface area contributed by atoms with Gasteiger partial charge < -0.3 is 15.2 Å². The number of carbonyl (C=O) groups is 4. The zero-order chi connectivity index (χ0) is 19.9. The van der Waals surface area contributed by atoms with Crippen LogP contribution in [0.15, 0.2) is 24.3 Å². The van der Waals surface area contributed by atoms with Gasteiger partial charge >= 0.3 is 12.1 Å². The molecule has 0 saturated heterocycles. The largest absolute Gasteiger partial charge is 0.469 e. The Balaban J connectivity index is 2.69. The topological polar surface area (TPSA) is 125 Å². The van der Waals surface area contributed by atoms with Gasteiger partial charge in [0, 0.05) is 17.7 Å². The van der Waals surface area contributed by atoms with Crippen molar-refractivity contribution in [1.82, 2.24) is 10.4 Å². The molecule has 0 radical (unpaired) electrons. The molecule has 0 atom stereocenters. The molecule has 1 rings (SSSR count). The van der Waals surface area contributed by atoms with Crippen molar-refractivity contribution in [2.24, 2.45) is 0 Å². The minimum absolute atomic E-state index is 0.0198. The summed E-state index contributed by atoms with van der Waals surface area (Å²) >= 11 is 0. The molecule has 0 aliphatic carbocycles. The lowest BCUT2D eigenvalue weighted by Gasteiger charge is -2.32. The molecule has 9 heteroatoms. The Bertz CT molecular complexity index is 679. The van der Waals surface area contributed by atoms with Crippen molar-refractivity contribution in [2.75, 3.05) is 12.4 Å². The molecular formula is C17H23N3O6. The Morgan fingerprint density at radius 2 is 1.65 bits per heavy atom. The van der Waals surface area contributed by atoms with Crippen LogP contribution in [0.5, 0.6) is 0 Å². The quantitative estimate of drug-likeness (QED) is 0.541. The summed E-state index contributed by atoms with van der Waals surface area (Å²) in [6, 6.07) is 5.92. The molecule has 9 nitrogen and oxygen atoms in total. The highest BCUT2D eigenvalue weighted by atomic mass is 16.5. The first kappa shape index (κ1) is 20.9. The minimum Gasteiger partial charge on any atom is -0.469 e. The zero-order valence-electron chi connectivity index (χ0n) is 15.2. The molecule has 0 aromatic heterocycles. The zero-order valence-corrected chi connectivity index (χ0v) is 15.2. The number of carboxylic acid groups (broad SMARTS) is 1. The van der Waals surface area contributed by atoms with Gasteiger partial charge in [-0.2, -0.15) is 0 Å². The first-order chi connectivity index (χ1) is 12.0. The Kier molecular flexibility index (Phi) is 7.12. The van der Waals surface area contributed by atoms with Gasteiger partial charge in [-0.05, 0) is 45.0 Å². The second kappa shape index (κ2) is 8.84. The van der Waals surface area contributed by atoms with E-state index in [9.17, 15) is 24.3 Å². The van der Waals surface area contributed by atoms with Crippen LogP contribution in [0.3, 0.4) is 0 Å². The summed E-state index contributed by atoms with van der Waals surface area (Å²) in [7, 11) is 1.25. The number of rotatable bonds is 5. The monoisotopic (exact) mass is 365 g/mol. The molecule has 142 valence electrons. The predicted molar refractivity (Wildman–Crippen MR) is 93.4 cm³/mol. The van der Waals surface area contributed by atoms with E-state index < -0.39 is 23.5 Å². The third kappa shape index (κ3) is 6.42. The lowest BCUT2D eigenvalue weighted by atomic mass is 10.1. The lowest BCUT2D eigenvalue weighted by molar-refractivity contribution is -0.141. The van der Waals surface area contributed by atoms with Crippen LogP contribution in [0.25, 0.3) is 0 Å². The minimum atomic E-state index is -1.28. The fraction of sp³-hybridized carbons (Fsp3) is 0.412. The molecule has 0 fully saturated rings. The van der Waals surface area contributed by atoms with Crippen molar-refractivity contribution in [3.63, 3.8) is 0 Å². The molecule has 1 aromatic carbocycles. The van der Waals surface area contributed by atoms with Crippen LogP contribution in [-0.4, -0.2) is 46.6 Å². The maximum atomic E-state index is 12.2. The predicted octanol–water partition coefficient (Wildman–Crippen LogP) is 2.00. The second-order valence-corrected chi connectivity index (χ2v) is 6.43. The normalized spacial score (nSPS) is 10.6. The smallest absolute Gasteiger partial charge is 0.426 e. The molecule has 0 heterocycles. The number of hydrogen-bond donors (Lipinski definition) is 3. The summed E-state index contributed by atoms with van der Waals surface area (Å²) in [5.74, 6) is -1.43. The second-order valence-electron chi connectivity index (χ2n) is 6.43. The molecule has 0 aliphatic heterocycles. The summed E-state index contributed by atoms with van der Waals surface area (Å²) in [6.45, 7) is 4.94. The van der Waals surface area contributed by atoms with Gasteiger partial charge in [0.15, 0.2) is 0 Å². The number of methoxy groups -OCH3 is 1. The highest BCUT2D eigenvalue weighted by Crippen LogP contribution is 2.13. The number of nitrogens with one attached hydrogen (secondary N) is 2. The Hall–Kier alpha value is -3.10. The van der Waals surface area contributed by atoms with Crippen LogP contribution in [-0.2, 0) is 14.3 Å². The van der Waals surface area contributed by atoms with Crippen LogP contribution in [0.4, 0.5) is 10.5 Å². The summed E-state index contributed by atoms with van der Waals surface area (Å²) in [4.78, 5) is 46.2. The summed E-state index contributed by atoms with van der Waals surface area (Å²) in [6.07, 6.45) is -1.32. The van der Waals surface area contributed by atoms with E-state index in [0.29, 0.717) is 5.69 Å². The van der Waals surface area contributed by atoms with Crippen molar-refractivity contribution < 1.29 is 29.0 Å². The van der Waals surface area contributed by atoms with E-state index in [2.05, 4.69) is 15.5 Å². The SMILES string of the molecule is COC(=O)CCC(=O)Nc1ccc(C(=O)NN(C(=O)O)C(C)(C)C)cc1. The number of anilines is 1. The molecule has 26 heavy (non-hydrogen) atoms. The van der Waals surface area contributed by atoms with Gasteiger partial charge in [0.25, 0.3) is 5.91 Å². The third-order valence-electron chi connectivity index (χ3n) is 3.29. The van der Waals surface area contributed by atoms with E-state index in [1.807, 2.05) is 0 Å². The molecule has 1 aromatic rings. The van der Waals surface area contributed by atoms with Crippen molar-refractivity contribution in [3.8, 4) is 0 Å². The van der Waals surface area contributed by atoms with Crippen LogP contribution in [0.1, 0.15) is 44.0 Å². The van der Waals surface area contributed by atoms with E-state index in [0.717, 1.165) is 5.01 Å². The number of ether oxygens (including phenoxy) is 1. The number of benzene rings is 1. The molecule has 0 unspecified atom stereocenters. The van der Waals surface area contributed by atoms with Gasteiger partial charge in [-0.1, -0.05) is 0 Å². The molecule has 0 spiro atoms. The lowest BCUT2D eigenvalue weighted by Crippen LogP contribution is -2.55. The van der Waals surface area contributed by atoms with Crippen molar-refractivity contribution in [2.45, 2.75) is 39.2 Å². The highest BCUT2D eigenvalue weighted by Gasteiger charge is 2.28. The Morgan fingerprint density at radius 1 is 1.08 bits per heavy atom. The van der Waals surface area contributed by atoms with Gasteiger partial charge in [0.2, 0.25) is 5.91 Å². The molecule has 3 N–H and O–H groups in total. The highest BCUT2D eigenvalue weighted by molar-refractivity contribution is 5.96. The van der Waals surface area contributed by atoms with E-state index in [4.69, 9.17) is 0 Å². The summed E-state index contributed by atoms with van der Waals surface area (Å²) in [5.41, 5.74) is 2.19. The number of amides is 3. The summed E-state index contributed by atoms with van der Waals surface area (Å²) < 4.78 is 4.46. The van der Waals surface area contributed by atoms with Gasteiger partial charge in [-0.25, -0.2) is 9.80 Å². The van der Waals surface area contributed by atoms with E-state index in [1.54, 1.807) is 20.8 Å². The molecule has 0 aliphatic rings.